The smallest absolute Gasteiger partial charge is 0.407 e. The van der Waals surface area contributed by atoms with Gasteiger partial charge in [-0.2, -0.15) is 0 Å². The molecule has 1 fully saturated rings. The van der Waals surface area contributed by atoms with Crippen molar-refractivity contribution in [2.45, 2.75) is 64.5 Å². The Morgan fingerprint density at radius 2 is 1.76 bits per heavy atom. The van der Waals surface area contributed by atoms with Crippen LogP contribution in [-0.2, 0) is 4.74 Å². The summed E-state index contributed by atoms with van der Waals surface area (Å²) in [6.45, 7) is 11.0. The van der Waals surface area contributed by atoms with Crippen molar-refractivity contribution in [3.8, 4) is 11.3 Å². The van der Waals surface area contributed by atoms with Crippen LogP contribution in [0.5, 0.6) is 0 Å². The molecule has 0 radical (unpaired) electrons. The van der Waals surface area contributed by atoms with Crippen LogP contribution in [0, 0.1) is 23.4 Å². The summed E-state index contributed by atoms with van der Waals surface area (Å²) in [6.07, 6.45) is 6.12. The highest BCUT2D eigenvalue weighted by atomic mass is 19.1. The Bertz CT molecular complexity index is 1450. The van der Waals surface area contributed by atoms with Crippen molar-refractivity contribution < 1.29 is 27.5 Å². The maximum absolute atomic E-state index is 14.7. The third-order valence-electron chi connectivity index (χ3n) is 6.82. The van der Waals surface area contributed by atoms with Gasteiger partial charge in [0.25, 0.3) is 5.91 Å². The third kappa shape index (κ3) is 7.31. The van der Waals surface area contributed by atoms with Crippen LogP contribution in [0.2, 0.25) is 0 Å². The normalized spacial score (nSPS) is 18.9. The number of carbonyl (C=O) groups excluding carboxylic acids is 2. The first kappa shape index (κ1) is 29.8. The molecule has 41 heavy (non-hydrogen) atoms. The second-order valence-electron chi connectivity index (χ2n) is 11.4. The van der Waals surface area contributed by atoms with Crippen molar-refractivity contribution in [2.75, 3.05) is 5.32 Å². The summed E-state index contributed by atoms with van der Waals surface area (Å²) in [6, 6.07) is 5.78. The van der Waals surface area contributed by atoms with Crippen LogP contribution in [-0.4, -0.2) is 33.6 Å². The quantitative estimate of drug-likeness (QED) is 0.328. The molecule has 1 aromatic carbocycles. The van der Waals surface area contributed by atoms with Crippen molar-refractivity contribution in [2.24, 2.45) is 5.92 Å². The Balaban J connectivity index is 1.57. The number of nitrogens with one attached hydrogen (secondary N) is 2. The van der Waals surface area contributed by atoms with Crippen LogP contribution in [0.3, 0.4) is 0 Å². The Hall–Kier alpha value is -4.21. The fourth-order valence-corrected chi connectivity index (χ4v) is 5.18. The molecular weight excluding hydrogens is 533 g/mol. The highest BCUT2D eigenvalue weighted by Gasteiger charge is 2.31. The van der Waals surface area contributed by atoms with E-state index in [0.717, 1.165) is 42.7 Å². The van der Waals surface area contributed by atoms with E-state index in [1.165, 1.54) is 12.3 Å². The standard InChI is InChI=1S/C31H33F3N4O3/c1-6-18-13-23(33)27(24(34)14-18)28-22(32)7-8-25(37-28)29(39)38-26-16-35-10-9-21(26)19-11-17(2)12-20(15-19)36-30(40)41-31(3,4)5/h6-10,13-14,16-17,19-20H,1,11-12,15H2,2-5H3,(H,36,40)(H,38,39)/t17-,19?,20?/m0/s1. The lowest BCUT2D eigenvalue weighted by atomic mass is 9.76. The average Bonchev–Trinajstić information content (AvgIpc) is 2.88. The molecule has 2 amide bonds. The van der Waals surface area contributed by atoms with Crippen molar-refractivity contribution in [1.82, 2.24) is 15.3 Å². The lowest BCUT2D eigenvalue weighted by Gasteiger charge is -2.35. The first-order chi connectivity index (χ1) is 19.3. The lowest BCUT2D eigenvalue weighted by Crippen LogP contribution is -2.42. The van der Waals surface area contributed by atoms with E-state index < -0.39 is 46.3 Å². The maximum atomic E-state index is 14.7. The summed E-state index contributed by atoms with van der Waals surface area (Å²) in [7, 11) is 0. The predicted octanol–water partition coefficient (Wildman–Crippen LogP) is 7.25. The molecule has 3 atom stereocenters. The summed E-state index contributed by atoms with van der Waals surface area (Å²) >= 11 is 0. The monoisotopic (exact) mass is 566 g/mol. The number of hydrogen-bond donors (Lipinski definition) is 2. The Morgan fingerprint density at radius 3 is 2.41 bits per heavy atom. The SMILES string of the molecule is C=Cc1cc(F)c(-c2nc(C(=O)Nc3cnccc3C3CC(NC(=O)OC(C)(C)C)C[C@@H](C)C3)ccc2F)c(F)c1. The third-order valence-corrected chi connectivity index (χ3v) is 6.82. The van der Waals surface area contributed by atoms with Crippen LogP contribution >= 0.6 is 0 Å². The summed E-state index contributed by atoms with van der Waals surface area (Å²) in [5, 5.41) is 5.73. The number of alkyl carbamates (subject to hydrolysis) is 1. The van der Waals surface area contributed by atoms with Crippen molar-refractivity contribution in [3.05, 3.63) is 83.6 Å². The Morgan fingerprint density at radius 1 is 1.05 bits per heavy atom. The molecule has 4 rings (SSSR count). The van der Waals surface area contributed by atoms with E-state index in [1.54, 1.807) is 33.0 Å². The molecule has 3 aromatic rings. The zero-order chi connectivity index (χ0) is 29.9. The fraction of sp³-hybridized carbons (Fsp3) is 0.355. The molecule has 2 aromatic heterocycles. The van der Waals surface area contributed by atoms with Gasteiger partial charge in [0.2, 0.25) is 0 Å². The number of halogens is 3. The number of ether oxygens (including phenoxy) is 1. The van der Waals surface area contributed by atoms with Crippen molar-refractivity contribution >= 4 is 23.8 Å². The van der Waals surface area contributed by atoms with E-state index >= 15 is 0 Å². The zero-order valence-corrected chi connectivity index (χ0v) is 23.4. The highest BCUT2D eigenvalue weighted by Crippen LogP contribution is 2.39. The number of benzene rings is 1. The lowest BCUT2D eigenvalue weighted by molar-refractivity contribution is 0.0482. The van der Waals surface area contributed by atoms with Gasteiger partial charge >= 0.3 is 6.09 Å². The molecular formula is C31H33F3N4O3. The van der Waals surface area contributed by atoms with Crippen LogP contribution in [0.15, 0.2) is 49.3 Å². The topological polar surface area (TPSA) is 93.2 Å². The minimum Gasteiger partial charge on any atom is -0.444 e. The summed E-state index contributed by atoms with van der Waals surface area (Å²) in [5.41, 5.74) is -0.723. The fourth-order valence-electron chi connectivity index (χ4n) is 5.18. The minimum absolute atomic E-state index is 0.0136. The molecule has 0 saturated heterocycles. The van der Waals surface area contributed by atoms with E-state index in [-0.39, 0.29) is 29.1 Å². The van der Waals surface area contributed by atoms with E-state index in [0.29, 0.717) is 12.1 Å². The first-order valence-corrected chi connectivity index (χ1v) is 13.4. The maximum Gasteiger partial charge on any atom is 0.407 e. The molecule has 0 aliphatic heterocycles. The second kappa shape index (κ2) is 12.1. The molecule has 1 saturated carbocycles. The van der Waals surface area contributed by atoms with E-state index in [4.69, 9.17) is 4.74 Å². The summed E-state index contributed by atoms with van der Waals surface area (Å²) in [5.74, 6) is -3.47. The number of pyridine rings is 2. The number of rotatable bonds is 6. The molecule has 10 heteroatoms. The molecule has 0 spiro atoms. The molecule has 1 aliphatic rings. The van der Waals surface area contributed by atoms with Gasteiger partial charge in [-0.15, -0.1) is 0 Å². The van der Waals surface area contributed by atoms with Crippen molar-refractivity contribution in [1.29, 1.82) is 0 Å². The summed E-state index contributed by atoms with van der Waals surface area (Å²) < 4.78 is 49.4. The van der Waals surface area contributed by atoms with Gasteiger partial charge in [-0.3, -0.25) is 9.78 Å². The van der Waals surface area contributed by atoms with Gasteiger partial charge < -0.3 is 15.4 Å². The van der Waals surface area contributed by atoms with Gasteiger partial charge in [0.1, 0.15) is 34.4 Å². The molecule has 0 bridgehead atoms. The Kier molecular flexibility index (Phi) is 8.80. The summed E-state index contributed by atoms with van der Waals surface area (Å²) in [4.78, 5) is 33.7. The number of nitrogens with zero attached hydrogens (tertiary/aromatic N) is 2. The number of amides is 2. The molecule has 2 N–H and O–H groups in total. The average molecular weight is 567 g/mol. The van der Waals surface area contributed by atoms with Gasteiger partial charge in [-0.05, 0) is 93.3 Å². The van der Waals surface area contributed by atoms with Gasteiger partial charge in [-0.1, -0.05) is 19.6 Å². The van der Waals surface area contributed by atoms with E-state index in [9.17, 15) is 22.8 Å². The minimum atomic E-state index is -1.03. The number of hydrogen-bond acceptors (Lipinski definition) is 5. The predicted molar refractivity (Wildman–Crippen MR) is 151 cm³/mol. The molecule has 7 nitrogen and oxygen atoms in total. The molecule has 2 unspecified atom stereocenters. The van der Waals surface area contributed by atoms with E-state index in [2.05, 4.69) is 34.1 Å². The number of carbonyl (C=O) groups is 2. The van der Waals surface area contributed by atoms with Gasteiger partial charge in [0, 0.05) is 12.2 Å². The van der Waals surface area contributed by atoms with Gasteiger partial charge in [-0.25, -0.2) is 22.9 Å². The molecule has 216 valence electrons. The van der Waals surface area contributed by atoms with Crippen LogP contribution < -0.4 is 10.6 Å². The van der Waals surface area contributed by atoms with E-state index in [1.807, 2.05) is 0 Å². The number of aromatic nitrogens is 2. The van der Waals surface area contributed by atoms with Crippen LogP contribution in [0.4, 0.5) is 23.7 Å². The molecule has 2 heterocycles. The second-order valence-corrected chi connectivity index (χ2v) is 11.4. The zero-order valence-electron chi connectivity index (χ0n) is 23.4. The number of anilines is 1. The largest absolute Gasteiger partial charge is 0.444 e. The van der Waals surface area contributed by atoms with Crippen LogP contribution in [0.1, 0.15) is 74.5 Å². The van der Waals surface area contributed by atoms with Crippen molar-refractivity contribution in [3.63, 3.8) is 0 Å². The van der Waals surface area contributed by atoms with Crippen LogP contribution in [0.25, 0.3) is 17.3 Å². The van der Waals surface area contributed by atoms with Gasteiger partial charge in [0.05, 0.1) is 17.4 Å². The first-order valence-electron chi connectivity index (χ1n) is 13.4. The highest BCUT2D eigenvalue weighted by molar-refractivity contribution is 6.03. The van der Waals surface area contributed by atoms with Gasteiger partial charge in [0.15, 0.2) is 0 Å². The molecule has 1 aliphatic carbocycles. The Labute approximate surface area is 237 Å².